The van der Waals surface area contributed by atoms with E-state index in [0.717, 1.165) is 27.8 Å². The number of pyridine rings is 1. The number of rotatable bonds is 2. The first-order valence-corrected chi connectivity index (χ1v) is 7.01. The molecule has 0 saturated heterocycles. The zero-order chi connectivity index (χ0) is 15.1. The lowest BCUT2D eigenvalue weighted by Crippen LogP contribution is -2.00. The maximum absolute atomic E-state index is 12.1. The summed E-state index contributed by atoms with van der Waals surface area (Å²) in [5.74, 6) is 0.473. The normalized spacial score (nSPS) is 13.0. The van der Waals surface area contributed by atoms with Gasteiger partial charge in [0.1, 0.15) is 12.4 Å². The molecule has 1 aromatic heterocycles. The minimum Gasteiger partial charge on any atom is -0.497 e. The fourth-order valence-corrected chi connectivity index (χ4v) is 2.85. The number of carbonyl (C=O) groups excluding carboxylic acids is 1. The van der Waals surface area contributed by atoms with Crippen molar-refractivity contribution in [2.24, 2.45) is 0 Å². The molecule has 4 heteroatoms. The molecule has 1 aliphatic heterocycles. The van der Waals surface area contributed by atoms with Crippen molar-refractivity contribution in [3.63, 3.8) is 0 Å². The Labute approximate surface area is 127 Å². The molecule has 0 spiro atoms. The number of ether oxygens (including phenoxy) is 2. The molecule has 0 atom stereocenters. The van der Waals surface area contributed by atoms with Crippen LogP contribution in [0.25, 0.3) is 22.0 Å². The number of benzene rings is 2. The van der Waals surface area contributed by atoms with Gasteiger partial charge < -0.3 is 9.47 Å². The van der Waals surface area contributed by atoms with Gasteiger partial charge in [-0.1, -0.05) is 30.3 Å². The largest absolute Gasteiger partial charge is 0.497 e. The lowest BCUT2D eigenvalue weighted by molar-refractivity contribution is 0.0534. The van der Waals surface area contributed by atoms with E-state index in [9.17, 15) is 4.79 Å². The zero-order valence-electron chi connectivity index (χ0n) is 12.0. The van der Waals surface area contributed by atoms with Crippen LogP contribution in [0.1, 0.15) is 16.1 Å². The molecule has 0 bridgehead atoms. The molecule has 108 valence electrons. The number of methoxy groups -OCH3 is 1. The Kier molecular flexibility index (Phi) is 2.82. The number of aromatic nitrogens is 1. The maximum atomic E-state index is 12.1. The van der Waals surface area contributed by atoms with Crippen LogP contribution in [0.15, 0.2) is 48.5 Å². The summed E-state index contributed by atoms with van der Waals surface area (Å²) in [4.78, 5) is 16.7. The van der Waals surface area contributed by atoms with Crippen LogP contribution >= 0.6 is 0 Å². The van der Waals surface area contributed by atoms with Gasteiger partial charge in [-0.3, -0.25) is 0 Å². The van der Waals surface area contributed by atoms with E-state index in [1.165, 1.54) is 0 Å². The standard InChI is InChI=1S/C18H13NO3/c1-21-12-8-6-11(7-9-12)16-13-4-2-3-5-14(13)19-15-10-22-18(20)17(15)16/h2-9H,10H2,1H3. The number of cyclic esters (lactones) is 1. The van der Waals surface area contributed by atoms with Gasteiger partial charge in [0.15, 0.2) is 0 Å². The SMILES string of the molecule is COc1ccc(-c2c3c(nc4ccccc24)COC3=O)cc1. The fourth-order valence-electron chi connectivity index (χ4n) is 2.85. The molecule has 0 unspecified atom stereocenters. The van der Waals surface area contributed by atoms with E-state index in [2.05, 4.69) is 4.98 Å². The van der Waals surface area contributed by atoms with E-state index in [1.54, 1.807) is 7.11 Å². The van der Waals surface area contributed by atoms with Crippen molar-refractivity contribution in [3.05, 3.63) is 59.8 Å². The summed E-state index contributed by atoms with van der Waals surface area (Å²) in [6, 6.07) is 15.5. The average molecular weight is 291 g/mol. The number of hydrogen-bond donors (Lipinski definition) is 0. The van der Waals surface area contributed by atoms with Crippen LogP contribution in [0.2, 0.25) is 0 Å². The van der Waals surface area contributed by atoms with Gasteiger partial charge in [0.25, 0.3) is 0 Å². The Morgan fingerprint density at radius 2 is 1.82 bits per heavy atom. The van der Waals surface area contributed by atoms with E-state index in [-0.39, 0.29) is 12.6 Å². The van der Waals surface area contributed by atoms with Crippen molar-refractivity contribution in [2.45, 2.75) is 6.61 Å². The highest BCUT2D eigenvalue weighted by Crippen LogP contribution is 2.36. The number of fused-ring (bicyclic) bond motifs is 2. The van der Waals surface area contributed by atoms with Crippen molar-refractivity contribution in [1.29, 1.82) is 0 Å². The maximum Gasteiger partial charge on any atom is 0.341 e. The molecule has 4 rings (SSSR count). The number of esters is 1. The Morgan fingerprint density at radius 1 is 1.05 bits per heavy atom. The lowest BCUT2D eigenvalue weighted by Gasteiger charge is -2.11. The molecule has 4 nitrogen and oxygen atoms in total. The smallest absolute Gasteiger partial charge is 0.341 e. The van der Waals surface area contributed by atoms with Gasteiger partial charge in [0, 0.05) is 10.9 Å². The zero-order valence-corrected chi connectivity index (χ0v) is 12.0. The second-order valence-corrected chi connectivity index (χ2v) is 5.13. The van der Waals surface area contributed by atoms with Crippen LogP contribution in [-0.2, 0) is 11.3 Å². The van der Waals surface area contributed by atoms with E-state index >= 15 is 0 Å². The highest BCUT2D eigenvalue weighted by molar-refractivity contribution is 6.08. The second kappa shape index (κ2) is 4.84. The summed E-state index contributed by atoms with van der Waals surface area (Å²) in [6.07, 6.45) is 0. The number of hydrogen-bond acceptors (Lipinski definition) is 4. The van der Waals surface area contributed by atoms with E-state index in [0.29, 0.717) is 11.3 Å². The minimum atomic E-state index is -0.306. The van der Waals surface area contributed by atoms with E-state index in [1.807, 2.05) is 48.5 Å². The number of para-hydroxylation sites is 1. The highest BCUT2D eigenvalue weighted by Gasteiger charge is 2.28. The summed E-state index contributed by atoms with van der Waals surface area (Å²) < 4.78 is 10.4. The first-order valence-electron chi connectivity index (χ1n) is 7.01. The average Bonchev–Trinajstić information content (AvgIpc) is 2.94. The van der Waals surface area contributed by atoms with Gasteiger partial charge in [-0.25, -0.2) is 9.78 Å². The van der Waals surface area contributed by atoms with E-state index < -0.39 is 0 Å². The molecular weight excluding hydrogens is 278 g/mol. The topological polar surface area (TPSA) is 48.4 Å². The summed E-state index contributed by atoms with van der Waals surface area (Å²) >= 11 is 0. The Bertz CT molecular complexity index is 885. The third-order valence-electron chi connectivity index (χ3n) is 3.89. The molecule has 0 saturated carbocycles. The molecule has 22 heavy (non-hydrogen) atoms. The summed E-state index contributed by atoms with van der Waals surface area (Å²) in [5.41, 5.74) is 3.98. The summed E-state index contributed by atoms with van der Waals surface area (Å²) in [7, 11) is 1.63. The first-order chi connectivity index (χ1) is 10.8. The van der Waals surface area contributed by atoms with Gasteiger partial charge >= 0.3 is 5.97 Å². The highest BCUT2D eigenvalue weighted by atomic mass is 16.5. The van der Waals surface area contributed by atoms with Gasteiger partial charge in [-0.05, 0) is 23.8 Å². The van der Waals surface area contributed by atoms with Crippen LogP contribution in [0, 0.1) is 0 Å². The van der Waals surface area contributed by atoms with Crippen LogP contribution in [0.4, 0.5) is 0 Å². The van der Waals surface area contributed by atoms with Crippen molar-refractivity contribution in [2.75, 3.05) is 7.11 Å². The molecular formula is C18H13NO3. The Balaban J connectivity index is 2.06. The van der Waals surface area contributed by atoms with Crippen LogP contribution in [-0.4, -0.2) is 18.1 Å². The molecule has 1 aliphatic rings. The van der Waals surface area contributed by atoms with Gasteiger partial charge in [-0.2, -0.15) is 0 Å². The van der Waals surface area contributed by atoms with Crippen molar-refractivity contribution < 1.29 is 14.3 Å². The second-order valence-electron chi connectivity index (χ2n) is 5.13. The van der Waals surface area contributed by atoms with Crippen molar-refractivity contribution >= 4 is 16.9 Å². The van der Waals surface area contributed by atoms with Gasteiger partial charge in [0.2, 0.25) is 0 Å². The van der Waals surface area contributed by atoms with Crippen molar-refractivity contribution in [3.8, 4) is 16.9 Å². The molecule has 0 amide bonds. The minimum absolute atomic E-state index is 0.238. The Morgan fingerprint density at radius 3 is 2.59 bits per heavy atom. The molecule has 0 N–H and O–H groups in total. The summed E-state index contributed by atoms with van der Waals surface area (Å²) in [5, 5.41) is 0.949. The molecule has 0 radical (unpaired) electrons. The van der Waals surface area contributed by atoms with Crippen LogP contribution < -0.4 is 4.74 Å². The first kappa shape index (κ1) is 12.8. The Hall–Kier alpha value is -2.88. The molecule has 0 fully saturated rings. The number of carbonyl (C=O) groups is 1. The molecule has 2 aromatic carbocycles. The molecule has 3 aromatic rings. The lowest BCUT2D eigenvalue weighted by atomic mass is 9.95. The fraction of sp³-hybridized carbons (Fsp3) is 0.111. The van der Waals surface area contributed by atoms with Crippen LogP contribution in [0.3, 0.4) is 0 Å². The summed E-state index contributed by atoms with van der Waals surface area (Å²) in [6.45, 7) is 0.238. The van der Waals surface area contributed by atoms with Gasteiger partial charge in [0.05, 0.1) is 23.9 Å². The van der Waals surface area contributed by atoms with E-state index in [4.69, 9.17) is 9.47 Å². The van der Waals surface area contributed by atoms with Crippen molar-refractivity contribution in [1.82, 2.24) is 4.98 Å². The molecule has 0 aliphatic carbocycles. The third-order valence-corrected chi connectivity index (χ3v) is 3.89. The van der Waals surface area contributed by atoms with Gasteiger partial charge in [-0.15, -0.1) is 0 Å². The predicted octanol–water partition coefficient (Wildman–Crippen LogP) is 3.58. The monoisotopic (exact) mass is 291 g/mol. The predicted molar refractivity (Wildman–Crippen MR) is 82.9 cm³/mol. The van der Waals surface area contributed by atoms with Crippen LogP contribution in [0.5, 0.6) is 5.75 Å². The quantitative estimate of drug-likeness (QED) is 0.677. The third kappa shape index (κ3) is 1.84. The molecule has 2 heterocycles. The number of nitrogens with zero attached hydrogens (tertiary/aromatic N) is 1.